The molecule has 0 atom stereocenters. The standard InChI is InChI=1S/C37H27N3O/c1-3-11-26(12-4-1)25-38-40-30-16-9-15-29(24-30)39-35-22-21-28(23-34(35)27-13-5-2-6-14-27)31-18-10-19-33-32-17-7-8-20-36(32)41-37(31)33/h1-25,39-40H/b38-25+. The molecule has 0 aliphatic heterocycles. The van der Waals surface area contributed by atoms with Crippen molar-refractivity contribution >= 4 is 45.2 Å². The number of nitrogens with one attached hydrogen (secondary N) is 2. The first kappa shape index (κ1) is 24.4. The van der Waals surface area contributed by atoms with Gasteiger partial charge in [-0.2, -0.15) is 5.10 Å². The maximum atomic E-state index is 6.35. The van der Waals surface area contributed by atoms with Gasteiger partial charge in [-0.1, -0.05) is 109 Å². The summed E-state index contributed by atoms with van der Waals surface area (Å²) in [6.45, 7) is 0. The van der Waals surface area contributed by atoms with Gasteiger partial charge in [-0.05, 0) is 53.1 Å². The van der Waals surface area contributed by atoms with Crippen LogP contribution in [0.2, 0.25) is 0 Å². The van der Waals surface area contributed by atoms with E-state index < -0.39 is 0 Å². The van der Waals surface area contributed by atoms with Crippen LogP contribution in [0.1, 0.15) is 5.56 Å². The number of hydrogen-bond acceptors (Lipinski definition) is 4. The molecule has 2 N–H and O–H groups in total. The van der Waals surface area contributed by atoms with Crippen LogP contribution in [0.25, 0.3) is 44.2 Å². The highest BCUT2D eigenvalue weighted by atomic mass is 16.3. The lowest BCUT2D eigenvalue weighted by Gasteiger charge is -2.15. The van der Waals surface area contributed by atoms with Gasteiger partial charge >= 0.3 is 0 Å². The van der Waals surface area contributed by atoms with Crippen molar-refractivity contribution in [3.05, 3.63) is 151 Å². The van der Waals surface area contributed by atoms with Crippen molar-refractivity contribution in [2.45, 2.75) is 0 Å². The van der Waals surface area contributed by atoms with Crippen molar-refractivity contribution in [2.24, 2.45) is 5.10 Å². The van der Waals surface area contributed by atoms with E-state index in [1.54, 1.807) is 0 Å². The highest BCUT2D eigenvalue weighted by Gasteiger charge is 2.14. The lowest BCUT2D eigenvalue weighted by molar-refractivity contribution is 0.670. The average molecular weight is 530 g/mol. The first-order valence-corrected chi connectivity index (χ1v) is 13.6. The molecule has 0 radical (unpaired) electrons. The van der Waals surface area contributed by atoms with E-state index in [-0.39, 0.29) is 0 Å². The molecule has 196 valence electrons. The predicted molar refractivity (Wildman–Crippen MR) is 172 cm³/mol. The number of fused-ring (bicyclic) bond motifs is 3. The first-order chi connectivity index (χ1) is 20.3. The summed E-state index contributed by atoms with van der Waals surface area (Å²) < 4.78 is 6.35. The molecule has 0 saturated heterocycles. The molecular formula is C37H27N3O. The van der Waals surface area contributed by atoms with E-state index in [4.69, 9.17) is 4.42 Å². The Balaban J connectivity index is 1.24. The Bertz CT molecular complexity index is 1990. The van der Waals surface area contributed by atoms with Gasteiger partial charge in [-0.3, -0.25) is 5.43 Å². The average Bonchev–Trinajstić information content (AvgIpc) is 3.42. The Kier molecular flexibility index (Phi) is 6.48. The van der Waals surface area contributed by atoms with E-state index in [1.807, 2.05) is 66.9 Å². The van der Waals surface area contributed by atoms with Crippen LogP contribution in [0.5, 0.6) is 0 Å². The van der Waals surface area contributed by atoms with Gasteiger partial charge < -0.3 is 9.73 Å². The fourth-order valence-corrected chi connectivity index (χ4v) is 5.19. The number of furan rings is 1. The number of benzene rings is 6. The van der Waals surface area contributed by atoms with Crippen molar-refractivity contribution in [3.63, 3.8) is 0 Å². The van der Waals surface area contributed by atoms with Crippen molar-refractivity contribution in [2.75, 3.05) is 10.7 Å². The molecular weight excluding hydrogens is 502 g/mol. The molecule has 4 heteroatoms. The molecule has 0 bridgehead atoms. The second-order valence-corrected chi connectivity index (χ2v) is 9.89. The van der Waals surface area contributed by atoms with E-state index in [2.05, 4.69) is 101 Å². The van der Waals surface area contributed by atoms with E-state index >= 15 is 0 Å². The van der Waals surface area contributed by atoms with Crippen LogP contribution >= 0.6 is 0 Å². The fraction of sp³-hybridized carbons (Fsp3) is 0. The monoisotopic (exact) mass is 529 g/mol. The molecule has 0 saturated carbocycles. The normalized spacial score (nSPS) is 11.3. The highest BCUT2D eigenvalue weighted by Crippen LogP contribution is 2.39. The Hall–Kier alpha value is -5.61. The van der Waals surface area contributed by atoms with Gasteiger partial charge in [0.25, 0.3) is 0 Å². The zero-order valence-electron chi connectivity index (χ0n) is 22.3. The Morgan fingerprint density at radius 2 is 1.27 bits per heavy atom. The van der Waals surface area contributed by atoms with E-state index in [0.717, 1.165) is 66.8 Å². The van der Waals surface area contributed by atoms with Crippen LogP contribution in [0, 0.1) is 0 Å². The molecule has 7 aromatic rings. The molecule has 41 heavy (non-hydrogen) atoms. The van der Waals surface area contributed by atoms with Gasteiger partial charge in [0.2, 0.25) is 0 Å². The van der Waals surface area contributed by atoms with Gasteiger partial charge in [0.05, 0.1) is 11.9 Å². The number of hydrazone groups is 1. The third-order valence-corrected chi connectivity index (χ3v) is 7.17. The molecule has 0 aliphatic carbocycles. The van der Waals surface area contributed by atoms with E-state index in [9.17, 15) is 0 Å². The van der Waals surface area contributed by atoms with E-state index in [0.29, 0.717) is 0 Å². The van der Waals surface area contributed by atoms with Crippen LogP contribution in [-0.2, 0) is 0 Å². The second-order valence-electron chi connectivity index (χ2n) is 9.89. The smallest absolute Gasteiger partial charge is 0.143 e. The van der Waals surface area contributed by atoms with Crippen LogP contribution < -0.4 is 10.7 Å². The predicted octanol–water partition coefficient (Wildman–Crippen LogP) is 10.1. The minimum Gasteiger partial charge on any atom is -0.455 e. The molecule has 1 aromatic heterocycles. The molecule has 0 aliphatic rings. The lowest BCUT2D eigenvalue weighted by atomic mass is 9.96. The molecule has 6 aromatic carbocycles. The highest BCUT2D eigenvalue weighted by molar-refractivity contribution is 6.09. The van der Waals surface area contributed by atoms with E-state index in [1.165, 1.54) is 0 Å². The summed E-state index contributed by atoms with van der Waals surface area (Å²) in [4.78, 5) is 0. The van der Waals surface area contributed by atoms with Crippen molar-refractivity contribution in [1.82, 2.24) is 0 Å². The SMILES string of the molecule is C(=N\Nc1cccc(Nc2ccc(-c3cccc4c3oc3ccccc34)cc2-c2ccccc2)c1)/c1ccccc1. The van der Waals surface area contributed by atoms with Gasteiger partial charge in [0.1, 0.15) is 11.2 Å². The number of para-hydroxylation sites is 2. The van der Waals surface area contributed by atoms with Crippen molar-refractivity contribution < 1.29 is 4.42 Å². The third-order valence-electron chi connectivity index (χ3n) is 7.17. The summed E-state index contributed by atoms with van der Waals surface area (Å²) in [5, 5.41) is 10.3. The maximum Gasteiger partial charge on any atom is 0.143 e. The van der Waals surface area contributed by atoms with Gasteiger partial charge in [-0.25, -0.2) is 0 Å². The quantitative estimate of drug-likeness (QED) is 0.159. The number of rotatable bonds is 7. The zero-order chi connectivity index (χ0) is 27.4. The van der Waals surface area contributed by atoms with Gasteiger partial charge in [-0.15, -0.1) is 0 Å². The third kappa shape index (κ3) is 5.07. The molecule has 0 unspecified atom stereocenters. The summed E-state index contributed by atoms with van der Waals surface area (Å²) in [6, 6.07) is 49.7. The summed E-state index contributed by atoms with van der Waals surface area (Å²) in [6.07, 6.45) is 1.81. The van der Waals surface area contributed by atoms with Crippen LogP contribution in [0.3, 0.4) is 0 Å². The largest absolute Gasteiger partial charge is 0.455 e. The lowest BCUT2D eigenvalue weighted by Crippen LogP contribution is -1.96. The van der Waals surface area contributed by atoms with Crippen LogP contribution in [-0.4, -0.2) is 6.21 Å². The molecule has 0 fully saturated rings. The molecule has 4 nitrogen and oxygen atoms in total. The number of nitrogens with zero attached hydrogens (tertiary/aromatic N) is 1. The van der Waals surface area contributed by atoms with Gasteiger partial charge in [0, 0.05) is 33.3 Å². The van der Waals surface area contributed by atoms with Crippen molar-refractivity contribution in [3.8, 4) is 22.3 Å². The fourth-order valence-electron chi connectivity index (χ4n) is 5.19. The molecule has 0 amide bonds. The van der Waals surface area contributed by atoms with Gasteiger partial charge in [0.15, 0.2) is 0 Å². The Labute approximate surface area is 238 Å². The van der Waals surface area contributed by atoms with Crippen molar-refractivity contribution in [1.29, 1.82) is 0 Å². The summed E-state index contributed by atoms with van der Waals surface area (Å²) >= 11 is 0. The number of hydrogen-bond donors (Lipinski definition) is 2. The maximum absolute atomic E-state index is 6.35. The minimum atomic E-state index is 0.900. The Morgan fingerprint density at radius 3 is 2.15 bits per heavy atom. The van der Waals surface area contributed by atoms with Crippen LogP contribution in [0.4, 0.5) is 17.1 Å². The summed E-state index contributed by atoms with van der Waals surface area (Å²) in [5.41, 5.74) is 13.3. The van der Waals surface area contributed by atoms with Crippen LogP contribution in [0.15, 0.2) is 155 Å². The number of anilines is 3. The minimum absolute atomic E-state index is 0.900. The first-order valence-electron chi connectivity index (χ1n) is 13.6. The molecule has 7 rings (SSSR count). The molecule has 0 spiro atoms. The summed E-state index contributed by atoms with van der Waals surface area (Å²) in [7, 11) is 0. The molecule has 1 heterocycles. The second kappa shape index (κ2) is 10.9. The Morgan fingerprint density at radius 1 is 0.537 bits per heavy atom. The zero-order valence-corrected chi connectivity index (χ0v) is 22.3. The topological polar surface area (TPSA) is 49.6 Å². The summed E-state index contributed by atoms with van der Waals surface area (Å²) in [5.74, 6) is 0.